The van der Waals surface area contributed by atoms with E-state index in [1.807, 2.05) is 35.2 Å². The molecule has 0 spiro atoms. The Morgan fingerprint density at radius 3 is 2.79 bits per heavy atom. The molecule has 24 heavy (non-hydrogen) atoms. The SMILES string of the molecule is COC(=O)[C@@H]1CCCN1C1O[N+]([O-])=C(C)CC1(C)c1ccccc1. The first kappa shape index (κ1) is 16.8. The summed E-state index contributed by atoms with van der Waals surface area (Å²) < 4.78 is 4.94. The highest BCUT2D eigenvalue weighted by atomic mass is 16.9. The van der Waals surface area contributed by atoms with E-state index in [0.29, 0.717) is 23.6 Å². The van der Waals surface area contributed by atoms with Crippen molar-refractivity contribution >= 4 is 11.7 Å². The van der Waals surface area contributed by atoms with Gasteiger partial charge in [-0.25, -0.2) is 0 Å². The van der Waals surface area contributed by atoms with Gasteiger partial charge in [-0.3, -0.25) is 14.9 Å². The molecule has 1 aromatic carbocycles. The van der Waals surface area contributed by atoms with Crippen LogP contribution in [0.4, 0.5) is 0 Å². The second kappa shape index (κ2) is 6.43. The zero-order valence-electron chi connectivity index (χ0n) is 14.4. The third kappa shape index (κ3) is 2.75. The molecule has 0 bridgehead atoms. The maximum absolute atomic E-state index is 12.1. The number of hydrogen-bond donors (Lipinski definition) is 0. The lowest BCUT2D eigenvalue weighted by atomic mass is 9.75. The van der Waals surface area contributed by atoms with Crippen molar-refractivity contribution in [1.29, 1.82) is 0 Å². The number of esters is 1. The van der Waals surface area contributed by atoms with Crippen molar-refractivity contribution in [3.63, 3.8) is 0 Å². The zero-order valence-corrected chi connectivity index (χ0v) is 14.4. The van der Waals surface area contributed by atoms with Gasteiger partial charge in [0, 0.05) is 30.2 Å². The van der Waals surface area contributed by atoms with Crippen LogP contribution in [0.1, 0.15) is 38.7 Å². The first-order valence-corrected chi connectivity index (χ1v) is 8.33. The van der Waals surface area contributed by atoms with E-state index in [4.69, 9.17) is 9.57 Å². The lowest BCUT2D eigenvalue weighted by Gasteiger charge is -2.47. The fraction of sp³-hybridized carbons (Fsp3) is 0.556. The van der Waals surface area contributed by atoms with Gasteiger partial charge < -0.3 is 9.57 Å². The lowest BCUT2D eigenvalue weighted by molar-refractivity contribution is -0.769. The average molecular weight is 332 g/mol. The average Bonchev–Trinajstić information content (AvgIpc) is 3.07. The van der Waals surface area contributed by atoms with Crippen LogP contribution in [0.2, 0.25) is 0 Å². The Kier molecular flexibility index (Phi) is 4.49. The van der Waals surface area contributed by atoms with Crippen LogP contribution >= 0.6 is 0 Å². The number of rotatable bonds is 3. The number of carbonyl (C=O) groups excluding carboxylic acids is 1. The molecule has 2 aliphatic heterocycles. The standard InChI is InChI=1S/C18H24N2O4/c1-13-12-18(2,14-8-5-4-6-9-14)17(24-20(13)22)19-11-7-10-15(19)16(21)23-3/h4-6,8-9,15,17H,7,10-12H2,1-3H3/t15-,17?,18?/m0/s1. The molecule has 0 aliphatic carbocycles. The van der Waals surface area contributed by atoms with Crippen molar-refractivity contribution in [2.24, 2.45) is 0 Å². The molecule has 6 nitrogen and oxygen atoms in total. The Balaban J connectivity index is 2.01. The predicted octanol–water partition coefficient (Wildman–Crippen LogP) is 2.21. The smallest absolute Gasteiger partial charge is 0.323 e. The second-order valence-corrected chi connectivity index (χ2v) is 6.83. The fourth-order valence-electron chi connectivity index (χ4n) is 3.93. The first-order valence-electron chi connectivity index (χ1n) is 8.33. The molecule has 6 heteroatoms. The van der Waals surface area contributed by atoms with Crippen LogP contribution < -0.4 is 0 Å². The monoisotopic (exact) mass is 332 g/mol. The molecule has 0 radical (unpaired) electrons. The summed E-state index contributed by atoms with van der Waals surface area (Å²) in [7, 11) is 1.40. The third-order valence-corrected chi connectivity index (χ3v) is 5.18. The van der Waals surface area contributed by atoms with Gasteiger partial charge in [0.1, 0.15) is 12.3 Å². The number of likely N-dealkylation sites (tertiary alicyclic amines) is 1. The van der Waals surface area contributed by atoms with Gasteiger partial charge in [0.2, 0.25) is 5.71 Å². The highest BCUT2D eigenvalue weighted by molar-refractivity contribution is 5.79. The van der Waals surface area contributed by atoms with Crippen LogP contribution in [0.5, 0.6) is 0 Å². The summed E-state index contributed by atoms with van der Waals surface area (Å²) >= 11 is 0. The largest absolute Gasteiger partial charge is 0.468 e. The zero-order chi connectivity index (χ0) is 17.3. The maximum Gasteiger partial charge on any atom is 0.323 e. The van der Waals surface area contributed by atoms with Crippen molar-refractivity contribution < 1.29 is 19.3 Å². The summed E-state index contributed by atoms with van der Waals surface area (Å²) in [5.74, 6) is -0.268. The quantitative estimate of drug-likeness (QED) is 0.627. The Hall–Kier alpha value is -2.08. The summed E-state index contributed by atoms with van der Waals surface area (Å²) in [5.41, 5.74) is 1.31. The van der Waals surface area contributed by atoms with Gasteiger partial charge in [0.05, 0.1) is 7.11 Å². The molecule has 1 aromatic rings. The number of benzene rings is 1. The normalized spacial score (nSPS) is 31.0. The van der Waals surface area contributed by atoms with Crippen LogP contribution in [-0.2, 0) is 19.8 Å². The maximum atomic E-state index is 12.1. The third-order valence-electron chi connectivity index (χ3n) is 5.18. The number of methoxy groups -OCH3 is 1. The van der Waals surface area contributed by atoms with E-state index in [0.717, 1.165) is 18.4 Å². The van der Waals surface area contributed by atoms with Crippen LogP contribution in [0.25, 0.3) is 0 Å². The van der Waals surface area contributed by atoms with Gasteiger partial charge in [0.15, 0.2) is 0 Å². The molecule has 0 N–H and O–H groups in total. The van der Waals surface area contributed by atoms with Gasteiger partial charge in [-0.15, -0.1) is 0 Å². The topological polar surface area (TPSA) is 64.8 Å². The molecular formula is C18H24N2O4. The van der Waals surface area contributed by atoms with E-state index in [9.17, 15) is 10.0 Å². The summed E-state index contributed by atoms with van der Waals surface area (Å²) in [5, 5.41) is 12.1. The van der Waals surface area contributed by atoms with E-state index >= 15 is 0 Å². The lowest BCUT2D eigenvalue weighted by Crippen LogP contribution is -2.58. The van der Waals surface area contributed by atoms with Gasteiger partial charge >= 0.3 is 5.97 Å². The summed E-state index contributed by atoms with van der Waals surface area (Å²) in [6, 6.07) is 9.67. The van der Waals surface area contributed by atoms with Crippen molar-refractivity contribution in [2.45, 2.75) is 50.8 Å². The molecule has 2 aliphatic rings. The minimum Gasteiger partial charge on any atom is -0.468 e. The highest BCUT2D eigenvalue weighted by Gasteiger charge is 2.49. The van der Waals surface area contributed by atoms with Gasteiger partial charge in [-0.05, 0) is 18.4 Å². The number of hydrogen-bond acceptors (Lipinski definition) is 5. The Labute approximate surface area is 142 Å². The number of ether oxygens (including phenoxy) is 1. The molecule has 0 aromatic heterocycles. The molecule has 0 amide bonds. The van der Waals surface area contributed by atoms with E-state index < -0.39 is 11.6 Å². The van der Waals surface area contributed by atoms with Gasteiger partial charge in [-0.1, -0.05) is 37.3 Å². The number of nitrogens with zero attached hydrogens (tertiary/aromatic N) is 2. The van der Waals surface area contributed by atoms with Crippen LogP contribution in [-0.4, -0.2) is 47.4 Å². The van der Waals surface area contributed by atoms with Crippen molar-refractivity contribution in [1.82, 2.24) is 4.90 Å². The minimum absolute atomic E-state index is 0.268. The summed E-state index contributed by atoms with van der Waals surface area (Å²) in [6.07, 6.45) is 1.67. The molecule has 3 atom stereocenters. The van der Waals surface area contributed by atoms with Crippen LogP contribution in [0, 0.1) is 5.21 Å². The Bertz CT molecular complexity index is 646. The number of carbonyl (C=O) groups is 1. The molecule has 0 saturated carbocycles. The van der Waals surface area contributed by atoms with Crippen molar-refractivity contribution in [3.8, 4) is 0 Å². The summed E-state index contributed by atoms with van der Waals surface area (Å²) in [6.45, 7) is 4.59. The minimum atomic E-state index is -0.507. The van der Waals surface area contributed by atoms with E-state index in [1.165, 1.54) is 7.11 Å². The molecule has 3 rings (SSSR count). The van der Waals surface area contributed by atoms with Gasteiger partial charge in [0.25, 0.3) is 0 Å². The molecule has 2 heterocycles. The van der Waals surface area contributed by atoms with E-state index in [-0.39, 0.29) is 12.0 Å². The van der Waals surface area contributed by atoms with Crippen molar-refractivity contribution in [2.75, 3.05) is 13.7 Å². The van der Waals surface area contributed by atoms with Crippen LogP contribution in [0.15, 0.2) is 30.3 Å². The molecule has 2 unspecified atom stereocenters. The Morgan fingerprint density at radius 2 is 2.12 bits per heavy atom. The van der Waals surface area contributed by atoms with E-state index in [1.54, 1.807) is 6.92 Å². The highest BCUT2D eigenvalue weighted by Crippen LogP contribution is 2.40. The Morgan fingerprint density at radius 1 is 1.42 bits per heavy atom. The molecule has 1 saturated heterocycles. The fourth-order valence-corrected chi connectivity index (χ4v) is 3.93. The predicted molar refractivity (Wildman–Crippen MR) is 89.3 cm³/mol. The van der Waals surface area contributed by atoms with Crippen molar-refractivity contribution in [3.05, 3.63) is 41.1 Å². The first-order chi connectivity index (χ1) is 11.5. The molecule has 1 fully saturated rings. The molecular weight excluding hydrogens is 308 g/mol. The van der Waals surface area contributed by atoms with Gasteiger partial charge in [-0.2, -0.15) is 0 Å². The second-order valence-electron chi connectivity index (χ2n) is 6.83. The van der Waals surface area contributed by atoms with Crippen LogP contribution in [0.3, 0.4) is 0 Å². The van der Waals surface area contributed by atoms with E-state index in [2.05, 4.69) is 6.92 Å². The molecule has 130 valence electrons. The summed E-state index contributed by atoms with van der Waals surface area (Å²) in [4.78, 5) is 20.5.